The Morgan fingerprint density at radius 3 is 1.69 bits per heavy atom. The number of phenols is 2. The van der Waals surface area contributed by atoms with Crippen molar-refractivity contribution in [2.24, 2.45) is 0 Å². The Kier molecular flexibility index (Phi) is 5.56. The molecule has 1 unspecified atom stereocenters. The first-order chi connectivity index (χ1) is 15.1. The average Bonchev–Trinajstić information content (AvgIpc) is 3.01. The largest absolute Gasteiger partial charge is 0.508 e. The van der Waals surface area contributed by atoms with Gasteiger partial charge in [0, 0.05) is 11.1 Å². The molecule has 3 N–H and O–H groups in total. The lowest BCUT2D eigenvalue weighted by Crippen LogP contribution is -2.31. The number of aromatic hydroxyl groups is 2. The van der Waals surface area contributed by atoms with Crippen LogP contribution in [0.1, 0.15) is 90.3 Å². The zero-order valence-electron chi connectivity index (χ0n) is 19.6. The van der Waals surface area contributed by atoms with Gasteiger partial charge in [0.2, 0.25) is 0 Å². The lowest BCUT2D eigenvalue weighted by atomic mass is 9.74. The van der Waals surface area contributed by atoms with Gasteiger partial charge in [-0.1, -0.05) is 52.0 Å². The molecule has 0 saturated heterocycles. The number of fused-ring (bicyclic) bond motifs is 1. The van der Waals surface area contributed by atoms with Crippen LogP contribution < -0.4 is 0 Å². The number of aliphatic hydroxyl groups excluding tert-OH is 1. The number of aliphatic hydroxyl groups is 1. The van der Waals surface area contributed by atoms with E-state index in [2.05, 4.69) is 0 Å². The summed E-state index contributed by atoms with van der Waals surface area (Å²) in [5.74, 6) is 0.738. The van der Waals surface area contributed by atoms with Crippen LogP contribution >= 0.6 is 0 Å². The Balaban J connectivity index is 2.14. The zero-order chi connectivity index (χ0) is 23.4. The van der Waals surface area contributed by atoms with Crippen LogP contribution in [0.2, 0.25) is 0 Å². The van der Waals surface area contributed by atoms with Crippen LogP contribution in [0.5, 0.6) is 11.5 Å². The second-order valence-electron chi connectivity index (χ2n) is 9.50. The van der Waals surface area contributed by atoms with E-state index in [9.17, 15) is 15.3 Å². The molecule has 4 heteroatoms. The predicted octanol–water partition coefficient (Wildman–Crippen LogP) is 6.27. The molecule has 0 aromatic heterocycles. The molecule has 1 aliphatic rings. The summed E-state index contributed by atoms with van der Waals surface area (Å²) in [5.41, 5.74) is 5.69. The predicted molar refractivity (Wildman–Crippen MR) is 126 cm³/mol. The Morgan fingerprint density at radius 1 is 0.750 bits per heavy atom. The van der Waals surface area contributed by atoms with E-state index in [0.717, 1.165) is 44.5 Å². The molecule has 0 amide bonds. The summed E-state index contributed by atoms with van der Waals surface area (Å²) in [6.45, 7) is 12.1. The minimum atomic E-state index is -1.09. The molecular weight excluding hydrogens is 400 g/mol. The summed E-state index contributed by atoms with van der Waals surface area (Å²) in [5, 5.41) is 32.2. The van der Waals surface area contributed by atoms with Crippen molar-refractivity contribution in [2.45, 2.75) is 65.3 Å². The third-order valence-corrected chi connectivity index (χ3v) is 6.64. The fraction of sp³-hybridized carbons (Fsp3) is 0.357. The zero-order valence-corrected chi connectivity index (χ0v) is 19.6. The summed E-state index contributed by atoms with van der Waals surface area (Å²) < 4.78 is 6.49. The number of aryl methyl sites for hydroxylation is 2. The molecule has 0 radical (unpaired) electrons. The SMILES string of the molecule is Cc1cc(O)c(C(C)C)cc1C1(c2cc(C(C)C)c(O)cc2C)OC(O)c2ccccc21. The van der Waals surface area contributed by atoms with Crippen LogP contribution in [0.25, 0.3) is 0 Å². The normalized spacial score (nSPS) is 17.2. The fourth-order valence-electron chi connectivity index (χ4n) is 4.99. The molecule has 0 aliphatic carbocycles. The smallest absolute Gasteiger partial charge is 0.183 e. The number of rotatable bonds is 4. The molecular formula is C28H32O4. The van der Waals surface area contributed by atoms with Crippen LogP contribution in [0, 0.1) is 13.8 Å². The molecule has 3 aromatic carbocycles. The maximum Gasteiger partial charge on any atom is 0.183 e. The molecule has 1 aliphatic heterocycles. The van der Waals surface area contributed by atoms with E-state index in [0.29, 0.717) is 0 Å². The van der Waals surface area contributed by atoms with E-state index in [-0.39, 0.29) is 23.3 Å². The molecule has 1 atom stereocenters. The van der Waals surface area contributed by atoms with E-state index in [1.54, 1.807) is 12.1 Å². The van der Waals surface area contributed by atoms with Crippen molar-refractivity contribution in [3.63, 3.8) is 0 Å². The Morgan fingerprint density at radius 2 is 1.22 bits per heavy atom. The van der Waals surface area contributed by atoms with Gasteiger partial charge in [0.15, 0.2) is 6.29 Å². The molecule has 4 rings (SSSR count). The lowest BCUT2D eigenvalue weighted by Gasteiger charge is -2.35. The highest BCUT2D eigenvalue weighted by atomic mass is 16.6. The summed E-state index contributed by atoms with van der Waals surface area (Å²) in [6, 6.07) is 15.3. The minimum absolute atomic E-state index is 0.111. The molecule has 0 saturated carbocycles. The van der Waals surface area contributed by atoms with E-state index < -0.39 is 11.9 Å². The van der Waals surface area contributed by atoms with Crippen molar-refractivity contribution < 1.29 is 20.1 Å². The van der Waals surface area contributed by atoms with Crippen LogP contribution in [-0.4, -0.2) is 15.3 Å². The Labute approximate surface area is 190 Å². The lowest BCUT2D eigenvalue weighted by molar-refractivity contribution is -0.140. The number of phenolic OH excluding ortho intramolecular Hbond substituents is 2. The van der Waals surface area contributed by atoms with Crippen molar-refractivity contribution in [1.82, 2.24) is 0 Å². The first-order valence-corrected chi connectivity index (χ1v) is 11.2. The summed E-state index contributed by atoms with van der Waals surface area (Å²) in [4.78, 5) is 0. The van der Waals surface area contributed by atoms with Crippen LogP contribution in [0.4, 0.5) is 0 Å². The first-order valence-electron chi connectivity index (χ1n) is 11.2. The molecule has 168 valence electrons. The van der Waals surface area contributed by atoms with E-state index >= 15 is 0 Å². The molecule has 1 heterocycles. The summed E-state index contributed by atoms with van der Waals surface area (Å²) in [7, 11) is 0. The van der Waals surface area contributed by atoms with Gasteiger partial charge in [-0.05, 0) is 83.3 Å². The molecule has 3 aromatic rings. The highest BCUT2D eigenvalue weighted by molar-refractivity contribution is 5.61. The van der Waals surface area contributed by atoms with Gasteiger partial charge in [0.05, 0.1) is 0 Å². The first kappa shape index (κ1) is 22.4. The highest BCUT2D eigenvalue weighted by Gasteiger charge is 2.49. The third kappa shape index (κ3) is 3.30. The maximum atomic E-state index is 11.0. The van der Waals surface area contributed by atoms with Gasteiger partial charge in [-0.15, -0.1) is 0 Å². The van der Waals surface area contributed by atoms with Gasteiger partial charge in [0.25, 0.3) is 0 Å². The van der Waals surface area contributed by atoms with Gasteiger partial charge >= 0.3 is 0 Å². The van der Waals surface area contributed by atoms with Gasteiger partial charge in [-0.3, -0.25) is 0 Å². The van der Waals surface area contributed by atoms with Gasteiger partial charge < -0.3 is 20.1 Å². The fourth-order valence-corrected chi connectivity index (χ4v) is 4.99. The molecule has 4 nitrogen and oxygen atoms in total. The van der Waals surface area contributed by atoms with Gasteiger partial charge in [0.1, 0.15) is 17.1 Å². The van der Waals surface area contributed by atoms with Crippen LogP contribution in [0.3, 0.4) is 0 Å². The maximum absolute atomic E-state index is 11.0. The molecule has 0 fully saturated rings. The van der Waals surface area contributed by atoms with Gasteiger partial charge in [-0.25, -0.2) is 0 Å². The van der Waals surface area contributed by atoms with Crippen molar-refractivity contribution in [3.05, 3.63) is 93.0 Å². The monoisotopic (exact) mass is 432 g/mol. The molecule has 0 spiro atoms. The third-order valence-electron chi connectivity index (χ3n) is 6.64. The second-order valence-corrected chi connectivity index (χ2v) is 9.50. The summed E-state index contributed by atoms with van der Waals surface area (Å²) >= 11 is 0. The number of benzene rings is 3. The van der Waals surface area contributed by atoms with Crippen molar-refractivity contribution >= 4 is 0 Å². The number of ether oxygens (including phenoxy) is 1. The van der Waals surface area contributed by atoms with Crippen molar-refractivity contribution in [1.29, 1.82) is 0 Å². The van der Waals surface area contributed by atoms with Crippen LogP contribution in [-0.2, 0) is 10.3 Å². The Hall–Kier alpha value is -2.82. The van der Waals surface area contributed by atoms with Gasteiger partial charge in [-0.2, -0.15) is 0 Å². The molecule has 32 heavy (non-hydrogen) atoms. The quantitative estimate of drug-likeness (QED) is 0.454. The average molecular weight is 433 g/mol. The minimum Gasteiger partial charge on any atom is -0.508 e. The topological polar surface area (TPSA) is 69.9 Å². The van der Waals surface area contributed by atoms with Crippen LogP contribution in [0.15, 0.2) is 48.5 Å². The number of hydrogen-bond donors (Lipinski definition) is 3. The molecule has 0 bridgehead atoms. The van der Waals surface area contributed by atoms with E-state index in [4.69, 9.17) is 4.74 Å². The number of hydrogen-bond acceptors (Lipinski definition) is 4. The Bertz CT molecular complexity index is 1110. The van der Waals surface area contributed by atoms with E-state index in [1.165, 1.54) is 0 Å². The standard InChI is InChI=1S/C28H32O4/c1-15(2)20-13-23(17(5)11-25(20)29)28(22-10-8-7-9-19(22)27(31)32-28)24-14-21(16(3)4)26(30)12-18(24)6/h7-16,27,29-31H,1-6H3. The van der Waals surface area contributed by atoms with Crippen molar-refractivity contribution in [2.75, 3.05) is 0 Å². The van der Waals surface area contributed by atoms with Crippen molar-refractivity contribution in [3.8, 4) is 11.5 Å². The summed E-state index contributed by atoms with van der Waals surface area (Å²) in [6.07, 6.45) is -1.09. The highest BCUT2D eigenvalue weighted by Crippen LogP contribution is 2.54. The van der Waals surface area contributed by atoms with E-state index in [1.807, 2.05) is 77.9 Å². The second kappa shape index (κ2) is 7.95.